The van der Waals surface area contributed by atoms with Crippen LogP contribution >= 0.6 is 0 Å². The minimum atomic E-state index is -0.290. The third kappa shape index (κ3) is 2.54. The normalized spacial score (nSPS) is 23.6. The fraction of sp³-hybridized carbons (Fsp3) is 0.714. The Morgan fingerprint density at radius 2 is 1.94 bits per heavy atom. The van der Waals surface area contributed by atoms with Gasteiger partial charge in [0, 0.05) is 18.0 Å². The summed E-state index contributed by atoms with van der Waals surface area (Å²) in [7, 11) is 0. The van der Waals surface area contributed by atoms with E-state index in [1.54, 1.807) is 0 Å². The van der Waals surface area contributed by atoms with Crippen LogP contribution < -0.4 is 5.73 Å². The zero-order valence-electron chi connectivity index (χ0n) is 11.6. The maximum atomic E-state index is 5.81. The number of hydrogen-bond donors (Lipinski definition) is 1. The van der Waals surface area contributed by atoms with Gasteiger partial charge < -0.3 is 10.5 Å². The summed E-state index contributed by atoms with van der Waals surface area (Å²) in [4.78, 5) is 9.33. The molecule has 2 rings (SSSR count). The molecule has 1 aromatic heterocycles. The van der Waals surface area contributed by atoms with Crippen molar-refractivity contribution in [3.8, 4) is 0 Å². The van der Waals surface area contributed by atoms with Crippen molar-refractivity contribution < 1.29 is 4.74 Å². The Hall–Kier alpha value is -1.00. The molecular formula is C14H23N3O. The van der Waals surface area contributed by atoms with Gasteiger partial charge in [0.15, 0.2) is 5.82 Å². The van der Waals surface area contributed by atoms with Crippen LogP contribution in [0.2, 0.25) is 0 Å². The smallest absolute Gasteiger partial charge is 0.160 e. The maximum Gasteiger partial charge on any atom is 0.160 e. The molecule has 100 valence electrons. The van der Waals surface area contributed by atoms with Crippen molar-refractivity contribution >= 4 is 0 Å². The molecule has 1 aromatic rings. The summed E-state index contributed by atoms with van der Waals surface area (Å²) in [5.41, 5.74) is 8.66. The highest BCUT2D eigenvalue weighted by molar-refractivity contribution is 5.26. The monoisotopic (exact) mass is 249 g/mol. The lowest BCUT2D eigenvalue weighted by Gasteiger charge is -2.23. The van der Waals surface area contributed by atoms with E-state index < -0.39 is 0 Å². The fourth-order valence-electron chi connectivity index (χ4n) is 2.57. The lowest BCUT2D eigenvalue weighted by Crippen LogP contribution is -2.25. The Kier molecular flexibility index (Phi) is 3.97. The van der Waals surface area contributed by atoms with Gasteiger partial charge in [-0.05, 0) is 58.6 Å². The molecule has 1 unspecified atom stereocenters. The first-order valence-corrected chi connectivity index (χ1v) is 6.75. The molecule has 0 radical (unpaired) electrons. The van der Waals surface area contributed by atoms with Crippen LogP contribution in [0.3, 0.4) is 0 Å². The van der Waals surface area contributed by atoms with Gasteiger partial charge in [-0.1, -0.05) is 0 Å². The number of ether oxygens (including phenoxy) is 1. The van der Waals surface area contributed by atoms with E-state index in [0.717, 1.165) is 49.5 Å². The van der Waals surface area contributed by atoms with Crippen molar-refractivity contribution in [1.82, 2.24) is 9.97 Å². The van der Waals surface area contributed by atoms with Crippen LogP contribution in [0.4, 0.5) is 0 Å². The summed E-state index contributed by atoms with van der Waals surface area (Å²) in [6, 6.07) is 0. The van der Waals surface area contributed by atoms with Crippen LogP contribution in [-0.2, 0) is 16.8 Å². The molecular weight excluding hydrogens is 226 g/mol. The van der Waals surface area contributed by atoms with Crippen LogP contribution in [0, 0.1) is 13.8 Å². The van der Waals surface area contributed by atoms with Crippen molar-refractivity contribution in [3.63, 3.8) is 0 Å². The van der Waals surface area contributed by atoms with Gasteiger partial charge in [0.25, 0.3) is 0 Å². The molecule has 1 saturated heterocycles. The third-order valence-corrected chi connectivity index (χ3v) is 3.74. The molecule has 0 aromatic carbocycles. The van der Waals surface area contributed by atoms with Gasteiger partial charge in [-0.25, -0.2) is 9.97 Å². The van der Waals surface area contributed by atoms with Crippen molar-refractivity contribution in [2.24, 2.45) is 5.73 Å². The van der Waals surface area contributed by atoms with Gasteiger partial charge in [-0.3, -0.25) is 0 Å². The largest absolute Gasteiger partial charge is 0.367 e. The lowest BCUT2D eigenvalue weighted by atomic mass is 10.00. The standard InChI is InChI=1S/C14H23N3O/c1-10-12(6-4-8-15)11(2)17-13(16-10)14(3)7-5-9-18-14/h4-9,15H2,1-3H3. The van der Waals surface area contributed by atoms with E-state index in [9.17, 15) is 0 Å². The molecule has 1 aliphatic rings. The number of nitrogens with zero attached hydrogens (tertiary/aromatic N) is 2. The molecule has 18 heavy (non-hydrogen) atoms. The number of hydrogen-bond acceptors (Lipinski definition) is 4. The second-order valence-corrected chi connectivity index (χ2v) is 5.27. The van der Waals surface area contributed by atoms with Gasteiger partial charge in [0.2, 0.25) is 0 Å². The van der Waals surface area contributed by atoms with E-state index in [4.69, 9.17) is 10.5 Å². The van der Waals surface area contributed by atoms with Crippen LogP contribution in [0.5, 0.6) is 0 Å². The first kappa shape index (κ1) is 13.4. The molecule has 1 fully saturated rings. The minimum absolute atomic E-state index is 0.290. The molecule has 0 amide bonds. The SMILES string of the molecule is Cc1nc(C2(C)CCCO2)nc(C)c1CCCN. The maximum absolute atomic E-state index is 5.81. The molecule has 1 atom stereocenters. The van der Waals surface area contributed by atoms with E-state index in [2.05, 4.69) is 30.7 Å². The summed E-state index contributed by atoms with van der Waals surface area (Å²) in [6.45, 7) is 7.73. The summed E-state index contributed by atoms with van der Waals surface area (Å²) >= 11 is 0. The average Bonchev–Trinajstić information content (AvgIpc) is 2.76. The number of aryl methyl sites for hydroxylation is 2. The first-order chi connectivity index (χ1) is 8.57. The average molecular weight is 249 g/mol. The summed E-state index contributed by atoms with van der Waals surface area (Å²) in [6.07, 6.45) is 4.05. The van der Waals surface area contributed by atoms with Crippen LogP contribution in [0.25, 0.3) is 0 Å². The third-order valence-electron chi connectivity index (χ3n) is 3.74. The second-order valence-electron chi connectivity index (χ2n) is 5.27. The molecule has 0 aliphatic carbocycles. The van der Waals surface area contributed by atoms with Gasteiger partial charge in [-0.2, -0.15) is 0 Å². The number of nitrogens with two attached hydrogens (primary N) is 1. The lowest BCUT2D eigenvalue weighted by molar-refractivity contribution is 0.00902. The van der Waals surface area contributed by atoms with Crippen molar-refractivity contribution in [1.29, 1.82) is 0 Å². The Morgan fingerprint density at radius 1 is 1.28 bits per heavy atom. The fourth-order valence-corrected chi connectivity index (χ4v) is 2.57. The van der Waals surface area contributed by atoms with Crippen LogP contribution in [0.1, 0.15) is 49.0 Å². The molecule has 4 nitrogen and oxygen atoms in total. The van der Waals surface area contributed by atoms with Gasteiger partial charge in [0.1, 0.15) is 5.60 Å². The zero-order valence-corrected chi connectivity index (χ0v) is 11.6. The Bertz CT molecular complexity index is 402. The predicted molar refractivity (Wildman–Crippen MR) is 71.4 cm³/mol. The van der Waals surface area contributed by atoms with Crippen LogP contribution in [0.15, 0.2) is 0 Å². The second kappa shape index (κ2) is 5.33. The Balaban J connectivity index is 2.30. The summed E-state index contributed by atoms with van der Waals surface area (Å²) in [5, 5.41) is 0. The number of aromatic nitrogens is 2. The van der Waals surface area contributed by atoms with Gasteiger partial charge in [0.05, 0.1) is 0 Å². The van der Waals surface area contributed by atoms with Crippen molar-refractivity contribution in [2.45, 2.75) is 52.1 Å². The first-order valence-electron chi connectivity index (χ1n) is 6.75. The summed E-state index contributed by atoms with van der Waals surface area (Å²) < 4.78 is 5.81. The van der Waals surface area contributed by atoms with E-state index in [0.29, 0.717) is 6.54 Å². The van der Waals surface area contributed by atoms with E-state index in [1.165, 1.54) is 5.56 Å². The molecule has 0 spiro atoms. The highest BCUT2D eigenvalue weighted by atomic mass is 16.5. The summed E-state index contributed by atoms with van der Waals surface area (Å²) in [5.74, 6) is 0.839. The van der Waals surface area contributed by atoms with E-state index in [-0.39, 0.29) is 5.60 Å². The molecule has 2 heterocycles. The van der Waals surface area contributed by atoms with E-state index in [1.807, 2.05) is 0 Å². The predicted octanol–water partition coefficient (Wildman–Crippen LogP) is 2.01. The van der Waals surface area contributed by atoms with Crippen LogP contribution in [-0.4, -0.2) is 23.1 Å². The van der Waals surface area contributed by atoms with Gasteiger partial charge in [-0.15, -0.1) is 0 Å². The molecule has 1 aliphatic heterocycles. The highest BCUT2D eigenvalue weighted by Gasteiger charge is 2.35. The highest BCUT2D eigenvalue weighted by Crippen LogP contribution is 2.34. The molecule has 4 heteroatoms. The van der Waals surface area contributed by atoms with Crippen molar-refractivity contribution in [2.75, 3.05) is 13.2 Å². The quantitative estimate of drug-likeness (QED) is 0.886. The minimum Gasteiger partial charge on any atom is -0.367 e. The molecule has 0 saturated carbocycles. The van der Waals surface area contributed by atoms with Crippen molar-refractivity contribution in [3.05, 3.63) is 22.8 Å². The van der Waals surface area contributed by atoms with Gasteiger partial charge >= 0.3 is 0 Å². The Labute approximate surface area is 109 Å². The van der Waals surface area contributed by atoms with E-state index >= 15 is 0 Å². The topological polar surface area (TPSA) is 61.0 Å². The molecule has 2 N–H and O–H groups in total. The number of rotatable bonds is 4. The molecule has 0 bridgehead atoms. The Morgan fingerprint density at radius 3 is 2.44 bits per heavy atom. The zero-order chi connectivity index (χ0) is 13.2.